The van der Waals surface area contributed by atoms with E-state index in [2.05, 4.69) is 0 Å². The Kier molecular flexibility index (Phi) is 4.74. The van der Waals surface area contributed by atoms with Crippen molar-refractivity contribution in [3.05, 3.63) is 0 Å². The Bertz CT molecular complexity index is 213. The van der Waals surface area contributed by atoms with Gasteiger partial charge in [-0.05, 0) is 13.3 Å². The van der Waals surface area contributed by atoms with E-state index in [0.29, 0.717) is 6.42 Å². The van der Waals surface area contributed by atoms with Crippen molar-refractivity contribution in [2.75, 3.05) is 19.4 Å². The molecule has 0 aliphatic heterocycles. The van der Waals surface area contributed by atoms with Crippen molar-refractivity contribution in [1.29, 1.82) is 0 Å². The topological polar surface area (TPSA) is 57.6 Å². The van der Waals surface area contributed by atoms with Gasteiger partial charge in [0, 0.05) is 13.1 Å². The van der Waals surface area contributed by atoms with Crippen LogP contribution < -0.4 is 0 Å². The number of rotatable bonds is 5. The van der Waals surface area contributed by atoms with Crippen LogP contribution in [-0.2, 0) is 10.0 Å². The molecule has 0 aromatic rings. The van der Waals surface area contributed by atoms with E-state index in [9.17, 15) is 8.42 Å². The molecule has 0 fully saturated rings. The Morgan fingerprint density at radius 2 is 2.00 bits per heavy atom. The van der Waals surface area contributed by atoms with Crippen LogP contribution in [0.5, 0.6) is 0 Å². The lowest BCUT2D eigenvalue weighted by Crippen LogP contribution is -2.38. The first kappa shape index (κ1) is 11.9. The fourth-order valence-corrected chi connectivity index (χ4v) is 2.21. The van der Waals surface area contributed by atoms with E-state index in [0.717, 1.165) is 0 Å². The summed E-state index contributed by atoms with van der Waals surface area (Å²) in [5.41, 5.74) is 0. The van der Waals surface area contributed by atoms with Gasteiger partial charge in [-0.1, -0.05) is 6.92 Å². The van der Waals surface area contributed by atoms with Crippen LogP contribution >= 0.6 is 0 Å². The van der Waals surface area contributed by atoms with Crippen molar-refractivity contribution < 1.29 is 13.5 Å². The minimum Gasteiger partial charge on any atom is -0.395 e. The van der Waals surface area contributed by atoms with Gasteiger partial charge < -0.3 is 5.11 Å². The second kappa shape index (κ2) is 4.79. The van der Waals surface area contributed by atoms with Gasteiger partial charge in [0.05, 0.1) is 12.4 Å². The van der Waals surface area contributed by atoms with Crippen LogP contribution in [0.15, 0.2) is 0 Å². The molecule has 1 N–H and O–H groups in total. The third-order valence-electron chi connectivity index (χ3n) is 1.79. The number of hydrogen-bond acceptors (Lipinski definition) is 3. The summed E-state index contributed by atoms with van der Waals surface area (Å²) in [7, 11) is -1.66. The quantitative estimate of drug-likeness (QED) is 0.674. The normalized spacial score (nSPS) is 15.1. The van der Waals surface area contributed by atoms with Crippen LogP contribution in [0, 0.1) is 0 Å². The molecule has 0 saturated heterocycles. The van der Waals surface area contributed by atoms with Gasteiger partial charge in [0.1, 0.15) is 0 Å². The average molecular weight is 195 g/mol. The number of aliphatic hydroxyl groups excluding tert-OH is 1. The highest BCUT2D eigenvalue weighted by molar-refractivity contribution is 7.89. The minimum absolute atomic E-state index is 0.139. The van der Waals surface area contributed by atoms with Gasteiger partial charge in [0.2, 0.25) is 10.0 Å². The molecule has 0 amide bonds. The van der Waals surface area contributed by atoms with E-state index in [1.54, 1.807) is 6.92 Å². The molecular weight excluding hydrogens is 178 g/mol. The summed E-state index contributed by atoms with van der Waals surface area (Å²) >= 11 is 0. The minimum atomic E-state index is -3.15. The third kappa shape index (κ3) is 3.08. The molecule has 0 heterocycles. The first-order chi connectivity index (χ1) is 5.45. The Morgan fingerprint density at radius 3 is 2.33 bits per heavy atom. The maximum atomic E-state index is 11.3. The molecule has 1 unspecified atom stereocenters. The number of likely N-dealkylation sites (N-methyl/N-ethyl adjacent to an activating group) is 1. The van der Waals surface area contributed by atoms with Crippen molar-refractivity contribution in [3.63, 3.8) is 0 Å². The highest BCUT2D eigenvalue weighted by Crippen LogP contribution is 2.04. The Morgan fingerprint density at radius 1 is 1.50 bits per heavy atom. The maximum Gasteiger partial charge on any atom is 0.214 e. The Hall–Kier alpha value is -0.130. The maximum absolute atomic E-state index is 11.3. The molecule has 0 aromatic heterocycles. The van der Waals surface area contributed by atoms with Crippen molar-refractivity contribution in [2.24, 2.45) is 0 Å². The van der Waals surface area contributed by atoms with Gasteiger partial charge in [-0.25, -0.2) is 8.42 Å². The standard InChI is InChI=1S/C7H17NO3S/c1-4-5-12(10,11)8(3)7(2)6-9/h7,9H,4-6H2,1-3H3. The third-order valence-corrected chi connectivity index (χ3v) is 3.95. The highest BCUT2D eigenvalue weighted by Gasteiger charge is 2.21. The fraction of sp³-hybridized carbons (Fsp3) is 1.00. The second-order valence-electron chi connectivity index (χ2n) is 2.86. The second-order valence-corrected chi connectivity index (χ2v) is 5.01. The molecule has 4 nitrogen and oxygen atoms in total. The molecule has 0 aliphatic rings. The van der Waals surface area contributed by atoms with Crippen LogP contribution in [0.4, 0.5) is 0 Å². The van der Waals surface area contributed by atoms with E-state index >= 15 is 0 Å². The summed E-state index contributed by atoms with van der Waals surface area (Å²) in [6.45, 7) is 3.35. The molecular formula is C7H17NO3S. The molecule has 5 heteroatoms. The first-order valence-electron chi connectivity index (χ1n) is 4.02. The fourth-order valence-electron chi connectivity index (χ4n) is 0.791. The van der Waals surface area contributed by atoms with Crippen molar-refractivity contribution in [1.82, 2.24) is 4.31 Å². The lowest BCUT2D eigenvalue weighted by molar-refractivity contribution is 0.214. The van der Waals surface area contributed by atoms with E-state index in [1.165, 1.54) is 11.4 Å². The largest absolute Gasteiger partial charge is 0.395 e. The number of hydrogen-bond donors (Lipinski definition) is 1. The molecule has 74 valence electrons. The molecule has 12 heavy (non-hydrogen) atoms. The van der Waals surface area contributed by atoms with Gasteiger partial charge in [0.15, 0.2) is 0 Å². The van der Waals surface area contributed by atoms with E-state index in [4.69, 9.17) is 5.11 Å². The van der Waals surface area contributed by atoms with Crippen LogP contribution in [0.3, 0.4) is 0 Å². The van der Waals surface area contributed by atoms with Crippen LogP contribution in [-0.4, -0.2) is 43.3 Å². The predicted molar refractivity (Wildman–Crippen MR) is 48.4 cm³/mol. The van der Waals surface area contributed by atoms with Crippen LogP contribution in [0.1, 0.15) is 20.3 Å². The molecule has 0 radical (unpaired) electrons. The highest BCUT2D eigenvalue weighted by atomic mass is 32.2. The van der Waals surface area contributed by atoms with Crippen molar-refractivity contribution >= 4 is 10.0 Å². The van der Waals surface area contributed by atoms with Gasteiger partial charge in [-0.2, -0.15) is 4.31 Å². The molecule has 0 saturated carbocycles. The van der Waals surface area contributed by atoms with Crippen molar-refractivity contribution in [3.8, 4) is 0 Å². The van der Waals surface area contributed by atoms with Crippen LogP contribution in [0.25, 0.3) is 0 Å². The summed E-state index contributed by atoms with van der Waals surface area (Å²) < 4.78 is 23.9. The number of nitrogens with zero attached hydrogens (tertiary/aromatic N) is 1. The molecule has 0 spiro atoms. The summed E-state index contributed by atoms with van der Waals surface area (Å²) in [6, 6.07) is -0.332. The lowest BCUT2D eigenvalue weighted by Gasteiger charge is -2.21. The Balaban J connectivity index is 4.35. The predicted octanol–water partition coefficient (Wildman–Crippen LogP) is 0.0388. The zero-order valence-electron chi connectivity index (χ0n) is 7.82. The average Bonchev–Trinajstić information content (AvgIpc) is 2.01. The van der Waals surface area contributed by atoms with Gasteiger partial charge in [-0.15, -0.1) is 0 Å². The van der Waals surface area contributed by atoms with E-state index in [-0.39, 0.29) is 18.4 Å². The van der Waals surface area contributed by atoms with Crippen LogP contribution in [0.2, 0.25) is 0 Å². The van der Waals surface area contributed by atoms with Crippen molar-refractivity contribution in [2.45, 2.75) is 26.3 Å². The number of sulfonamides is 1. The zero-order chi connectivity index (χ0) is 9.78. The SMILES string of the molecule is CCCS(=O)(=O)N(C)C(C)CO. The summed E-state index contributed by atoms with van der Waals surface area (Å²) in [6.07, 6.45) is 0.602. The smallest absolute Gasteiger partial charge is 0.214 e. The zero-order valence-corrected chi connectivity index (χ0v) is 8.63. The first-order valence-corrected chi connectivity index (χ1v) is 5.63. The van der Waals surface area contributed by atoms with Gasteiger partial charge in [-0.3, -0.25) is 0 Å². The summed E-state index contributed by atoms with van der Waals surface area (Å²) in [5, 5.41) is 8.73. The molecule has 0 aromatic carbocycles. The Labute approximate surface area is 74.2 Å². The molecule has 0 aliphatic carbocycles. The number of aliphatic hydroxyl groups is 1. The molecule has 1 atom stereocenters. The monoisotopic (exact) mass is 195 g/mol. The molecule has 0 rings (SSSR count). The van der Waals surface area contributed by atoms with Gasteiger partial charge >= 0.3 is 0 Å². The summed E-state index contributed by atoms with van der Waals surface area (Å²) in [4.78, 5) is 0. The van der Waals surface area contributed by atoms with Gasteiger partial charge in [0.25, 0.3) is 0 Å². The summed E-state index contributed by atoms with van der Waals surface area (Å²) in [5.74, 6) is 0.147. The van der Waals surface area contributed by atoms with E-state index in [1.807, 2.05) is 6.92 Å². The molecule has 0 bridgehead atoms. The van der Waals surface area contributed by atoms with E-state index < -0.39 is 10.0 Å². The lowest BCUT2D eigenvalue weighted by atomic mass is 10.4.